The Bertz CT molecular complexity index is 308. The number of hydrogen-bond acceptors (Lipinski definition) is 1. The standard InChI is InChI=1S/C12H16FN/c1-3-10(9-14-2)11-5-4-6-12(13)8-7-11/h4,6-9,14H,3,5H2,1-2H3/b10-9-. The Hall–Kier alpha value is -1.31. The third-order valence-corrected chi connectivity index (χ3v) is 2.17. The maximum absolute atomic E-state index is 12.9. The van der Waals surface area contributed by atoms with Crippen LogP contribution in [0.5, 0.6) is 0 Å². The maximum atomic E-state index is 12.9. The van der Waals surface area contributed by atoms with E-state index in [1.807, 2.05) is 25.4 Å². The van der Waals surface area contributed by atoms with E-state index in [0.717, 1.165) is 12.8 Å². The van der Waals surface area contributed by atoms with Gasteiger partial charge in [0.05, 0.1) is 0 Å². The SMILES string of the molecule is CC/C(=C/NC)C1=CC=C(F)C=CC1. The summed E-state index contributed by atoms with van der Waals surface area (Å²) in [5.74, 6) is -0.181. The fourth-order valence-corrected chi connectivity index (χ4v) is 1.44. The molecule has 0 aromatic carbocycles. The van der Waals surface area contributed by atoms with Gasteiger partial charge < -0.3 is 5.32 Å². The van der Waals surface area contributed by atoms with Crippen molar-refractivity contribution in [2.45, 2.75) is 19.8 Å². The van der Waals surface area contributed by atoms with E-state index in [2.05, 4.69) is 12.2 Å². The Balaban J connectivity index is 2.87. The van der Waals surface area contributed by atoms with Gasteiger partial charge in [0, 0.05) is 7.05 Å². The van der Waals surface area contributed by atoms with Crippen molar-refractivity contribution in [3.05, 3.63) is 47.5 Å². The molecule has 0 heterocycles. The number of allylic oxidation sites excluding steroid dienone is 7. The van der Waals surface area contributed by atoms with Crippen molar-refractivity contribution < 1.29 is 4.39 Å². The first-order valence-corrected chi connectivity index (χ1v) is 4.87. The second-order valence-electron chi connectivity index (χ2n) is 3.16. The molecule has 0 aromatic heterocycles. The Morgan fingerprint density at radius 1 is 1.57 bits per heavy atom. The molecule has 1 nitrogen and oxygen atoms in total. The summed E-state index contributed by atoms with van der Waals surface area (Å²) in [6.07, 6.45) is 10.4. The molecular formula is C12H16FN. The van der Waals surface area contributed by atoms with Crippen LogP contribution < -0.4 is 5.32 Å². The molecule has 0 aliphatic heterocycles. The minimum absolute atomic E-state index is 0.181. The molecule has 0 aromatic rings. The average molecular weight is 193 g/mol. The van der Waals surface area contributed by atoms with Gasteiger partial charge in [-0.1, -0.05) is 19.1 Å². The Kier molecular flexibility index (Phi) is 4.17. The van der Waals surface area contributed by atoms with E-state index in [9.17, 15) is 4.39 Å². The zero-order valence-electron chi connectivity index (χ0n) is 8.68. The smallest absolute Gasteiger partial charge is 0.122 e. The van der Waals surface area contributed by atoms with Gasteiger partial charge in [-0.25, -0.2) is 4.39 Å². The van der Waals surface area contributed by atoms with Gasteiger partial charge in [-0.15, -0.1) is 0 Å². The van der Waals surface area contributed by atoms with Crippen molar-refractivity contribution in [2.75, 3.05) is 7.05 Å². The van der Waals surface area contributed by atoms with Crippen LogP contribution >= 0.6 is 0 Å². The first-order chi connectivity index (χ1) is 6.77. The minimum atomic E-state index is -0.181. The monoisotopic (exact) mass is 193 g/mol. The van der Waals surface area contributed by atoms with Gasteiger partial charge in [-0.2, -0.15) is 0 Å². The van der Waals surface area contributed by atoms with Crippen molar-refractivity contribution in [1.29, 1.82) is 0 Å². The summed E-state index contributed by atoms with van der Waals surface area (Å²) in [5.41, 5.74) is 2.40. The van der Waals surface area contributed by atoms with Gasteiger partial charge in [0.1, 0.15) is 5.83 Å². The summed E-state index contributed by atoms with van der Waals surface area (Å²) >= 11 is 0. The van der Waals surface area contributed by atoms with E-state index in [1.54, 1.807) is 0 Å². The van der Waals surface area contributed by atoms with Crippen molar-refractivity contribution in [3.63, 3.8) is 0 Å². The van der Waals surface area contributed by atoms with Crippen LogP contribution in [0, 0.1) is 0 Å². The largest absolute Gasteiger partial charge is 0.394 e. The van der Waals surface area contributed by atoms with Crippen LogP contribution in [0.4, 0.5) is 4.39 Å². The number of nitrogens with one attached hydrogen (secondary N) is 1. The average Bonchev–Trinajstić information content (AvgIpc) is 2.40. The topological polar surface area (TPSA) is 12.0 Å². The van der Waals surface area contributed by atoms with Crippen LogP contribution in [-0.2, 0) is 0 Å². The zero-order chi connectivity index (χ0) is 10.4. The minimum Gasteiger partial charge on any atom is -0.394 e. The number of halogens is 1. The van der Waals surface area contributed by atoms with Crippen LogP contribution in [0.25, 0.3) is 0 Å². The first-order valence-electron chi connectivity index (χ1n) is 4.87. The molecule has 1 N–H and O–H groups in total. The molecule has 1 aliphatic rings. The summed E-state index contributed by atoms with van der Waals surface area (Å²) in [7, 11) is 1.87. The molecule has 14 heavy (non-hydrogen) atoms. The molecule has 0 unspecified atom stereocenters. The summed E-state index contributed by atoms with van der Waals surface area (Å²) in [5, 5.41) is 3.01. The molecule has 1 rings (SSSR count). The second kappa shape index (κ2) is 5.43. The molecule has 0 atom stereocenters. The lowest BCUT2D eigenvalue weighted by atomic mass is 10.0. The van der Waals surface area contributed by atoms with E-state index in [4.69, 9.17) is 0 Å². The summed E-state index contributed by atoms with van der Waals surface area (Å²) in [6, 6.07) is 0. The predicted octanol–water partition coefficient (Wildman–Crippen LogP) is 3.24. The number of rotatable bonds is 3. The zero-order valence-corrected chi connectivity index (χ0v) is 8.68. The quantitative estimate of drug-likeness (QED) is 0.725. The van der Waals surface area contributed by atoms with Crippen molar-refractivity contribution in [1.82, 2.24) is 5.32 Å². The molecule has 0 spiro atoms. The van der Waals surface area contributed by atoms with E-state index < -0.39 is 0 Å². The van der Waals surface area contributed by atoms with E-state index >= 15 is 0 Å². The molecule has 0 bridgehead atoms. The van der Waals surface area contributed by atoms with Crippen LogP contribution in [-0.4, -0.2) is 7.05 Å². The lowest BCUT2D eigenvalue weighted by Gasteiger charge is -2.06. The summed E-state index contributed by atoms with van der Waals surface area (Å²) in [4.78, 5) is 0. The van der Waals surface area contributed by atoms with Crippen molar-refractivity contribution in [2.24, 2.45) is 0 Å². The lowest BCUT2D eigenvalue weighted by Crippen LogP contribution is -1.98. The van der Waals surface area contributed by atoms with Gasteiger partial charge >= 0.3 is 0 Å². The van der Waals surface area contributed by atoms with Crippen LogP contribution in [0.2, 0.25) is 0 Å². The first kappa shape index (κ1) is 10.8. The molecule has 0 radical (unpaired) electrons. The number of hydrogen-bond donors (Lipinski definition) is 1. The van der Waals surface area contributed by atoms with Crippen LogP contribution in [0.1, 0.15) is 19.8 Å². The maximum Gasteiger partial charge on any atom is 0.122 e. The Labute approximate surface area is 84.7 Å². The van der Waals surface area contributed by atoms with E-state index in [0.29, 0.717) is 0 Å². The van der Waals surface area contributed by atoms with Gasteiger partial charge in [0.2, 0.25) is 0 Å². The summed E-state index contributed by atoms with van der Waals surface area (Å²) < 4.78 is 12.9. The third kappa shape index (κ3) is 2.87. The molecule has 0 saturated carbocycles. The van der Waals surface area contributed by atoms with Crippen molar-refractivity contribution in [3.8, 4) is 0 Å². The molecule has 2 heteroatoms. The normalized spacial score (nSPS) is 17.2. The molecular weight excluding hydrogens is 177 g/mol. The highest BCUT2D eigenvalue weighted by Gasteiger charge is 2.03. The fraction of sp³-hybridized carbons (Fsp3) is 0.333. The van der Waals surface area contributed by atoms with Crippen LogP contribution in [0.15, 0.2) is 47.5 Å². The molecule has 0 saturated heterocycles. The van der Waals surface area contributed by atoms with Crippen molar-refractivity contribution >= 4 is 0 Å². The summed E-state index contributed by atoms with van der Waals surface area (Å²) in [6.45, 7) is 2.10. The van der Waals surface area contributed by atoms with E-state index in [1.165, 1.54) is 23.3 Å². The van der Waals surface area contributed by atoms with Gasteiger partial charge in [0.15, 0.2) is 0 Å². The van der Waals surface area contributed by atoms with Crippen LogP contribution in [0.3, 0.4) is 0 Å². The third-order valence-electron chi connectivity index (χ3n) is 2.17. The van der Waals surface area contributed by atoms with Gasteiger partial charge in [-0.05, 0) is 42.3 Å². The molecule has 76 valence electrons. The fourth-order valence-electron chi connectivity index (χ4n) is 1.44. The Morgan fingerprint density at radius 2 is 2.36 bits per heavy atom. The highest BCUT2D eigenvalue weighted by molar-refractivity contribution is 5.38. The molecule has 0 fully saturated rings. The Morgan fingerprint density at radius 3 is 3.00 bits per heavy atom. The molecule has 1 aliphatic carbocycles. The van der Waals surface area contributed by atoms with E-state index in [-0.39, 0.29) is 5.83 Å². The highest BCUT2D eigenvalue weighted by atomic mass is 19.1. The second-order valence-corrected chi connectivity index (χ2v) is 3.16. The predicted molar refractivity (Wildman–Crippen MR) is 58.5 cm³/mol. The lowest BCUT2D eigenvalue weighted by molar-refractivity contribution is 0.667. The van der Waals surface area contributed by atoms with Gasteiger partial charge in [-0.3, -0.25) is 0 Å². The highest BCUT2D eigenvalue weighted by Crippen LogP contribution is 2.21. The van der Waals surface area contributed by atoms with Gasteiger partial charge in [0.25, 0.3) is 0 Å². The molecule has 0 amide bonds.